The third kappa shape index (κ3) is 3.79. The van der Waals surface area contributed by atoms with Crippen LogP contribution in [0.4, 0.5) is 0 Å². The lowest BCUT2D eigenvalue weighted by Crippen LogP contribution is -2.51. The first-order valence-electron chi connectivity index (χ1n) is 13.1. The van der Waals surface area contributed by atoms with Gasteiger partial charge in [-0.1, -0.05) is 65.5 Å². The van der Waals surface area contributed by atoms with Gasteiger partial charge in [0.05, 0.1) is 0 Å². The van der Waals surface area contributed by atoms with E-state index in [1.54, 1.807) is 5.57 Å². The van der Waals surface area contributed by atoms with Crippen molar-refractivity contribution in [3.63, 3.8) is 0 Å². The molecule has 4 aliphatic rings. The van der Waals surface area contributed by atoms with Crippen LogP contribution in [0.25, 0.3) is 0 Å². The van der Waals surface area contributed by atoms with Crippen molar-refractivity contribution in [2.45, 2.75) is 111 Å². The first-order valence-corrected chi connectivity index (χ1v) is 13.1. The molecule has 30 heavy (non-hydrogen) atoms. The molecule has 170 valence electrons. The number of carbonyl (C=O) groups is 1. The molecule has 8 atom stereocenters. The van der Waals surface area contributed by atoms with E-state index in [1.807, 2.05) is 0 Å². The van der Waals surface area contributed by atoms with Crippen LogP contribution in [0.5, 0.6) is 0 Å². The molecule has 0 bridgehead atoms. The first kappa shape index (κ1) is 22.4. The third-order valence-electron chi connectivity index (χ3n) is 10.5. The van der Waals surface area contributed by atoms with Crippen molar-refractivity contribution in [2.24, 2.45) is 46.3 Å². The lowest BCUT2D eigenvalue weighted by Gasteiger charge is -2.58. The SMILES string of the molecule is CC(C)CCC[C@@H](C)[C@H]1CCC2C3CC=C4C[C@@H](OC=O)CC[C@]4(C)C3CC[C@@]21C. The Morgan fingerprint density at radius 3 is 2.60 bits per heavy atom. The van der Waals surface area contributed by atoms with Gasteiger partial charge in [-0.2, -0.15) is 0 Å². The molecule has 4 rings (SSSR count). The molecular weight excluding hydrogens is 368 g/mol. The maximum Gasteiger partial charge on any atom is 0.293 e. The molecule has 3 saturated carbocycles. The zero-order valence-electron chi connectivity index (χ0n) is 20.3. The number of rotatable bonds is 7. The number of carbonyl (C=O) groups excluding carboxylic acids is 1. The minimum Gasteiger partial charge on any atom is -0.464 e. The summed E-state index contributed by atoms with van der Waals surface area (Å²) in [7, 11) is 0. The second kappa shape index (κ2) is 8.62. The van der Waals surface area contributed by atoms with Gasteiger partial charge in [0.25, 0.3) is 6.47 Å². The van der Waals surface area contributed by atoms with Crippen LogP contribution in [0.2, 0.25) is 0 Å². The van der Waals surface area contributed by atoms with Gasteiger partial charge in [-0.25, -0.2) is 0 Å². The van der Waals surface area contributed by atoms with Gasteiger partial charge in [0.15, 0.2) is 0 Å². The van der Waals surface area contributed by atoms with Crippen molar-refractivity contribution in [3.05, 3.63) is 11.6 Å². The highest BCUT2D eigenvalue weighted by atomic mass is 16.5. The van der Waals surface area contributed by atoms with Crippen LogP contribution in [0.15, 0.2) is 11.6 Å². The Hall–Kier alpha value is -0.790. The highest BCUT2D eigenvalue weighted by Gasteiger charge is 2.59. The molecule has 3 fully saturated rings. The van der Waals surface area contributed by atoms with Gasteiger partial charge in [0, 0.05) is 6.42 Å². The zero-order valence-corrected chi connectivity index (χ0v) is 20.3. The fraction of sp³-hybridized carbons (Fsp3) is 0.893. The Balaban J connectivity index is 1.47. The smallest absolute Gasteiger partial charge is 0.293 e. The molecule has 0 heterocycles. The fourth-order valence-electron chi connectivity index (χ4n) is 8.85. The monoisotopic (exact) mass is 414 g/mol. The van der Waals surface area contributed by atoms with Gasteiger partial charge in [-0.05, 0) is 91.3 Å². The van der Waals surface area contributed by atoms with E-state index in [2.05, 4.69) is 40.7 Å². The summed E-state index contributed by atoms with van der Waals surface area (Å²) in [5, 5.41) is 0. The van der Waals surface area contributed by atoms with Crippen molar-refractivity contribution >= 4 is 6.47 Å². The Morgan fingerprint density at radius 2 is 1.87 bits per heavy atom. The zero-order chi connectivity index (χ0) is 21.5. The topological polar surface area (TPSA) is 26.3 Å². The lowest BCUT2D eigenvalue weighted by atomic mass is 9.47. The molecular formula is C28H46O2. The standard InChI is InChI=1S/C28H46O2/c1-19(2)7-6-8-20(3)24-11-12-25-23-10-9-21-17-22(30-18-29)13-15-27(21,4)26(23)14-16-28(24,25)5/h9,18-20,22-26H,6-8,10-17H2,1-5H3/t20-,22+,23?,24-,25?,26?,27+,28-/m1/s1. The summed E-state index contributed by atoms with van der Waals surface area (Å²) in [6.07, 6.45) is 17.2. The molecule has 2 heteroatoms. The minimum absolute atomic E-state index is 0.120. The van der Waals surface area contributed by atoms with E-state index in [0.717, 1.165) is 48.3 Å². The molecule has 2 nitrogen and oxygen atoms in total. The van der Waals surface area contributed by atoms with E-state index in [9.17, 15) is 4.79 Å². The van der Waals surface area contributed by atoms with Crippen LogP contribution in [-0.4, -0.2) is 12.6 Å². The number of allylic oxidation sites excluding steroid dienone is 1. The minimum atomic E-state index is 0.120. The van der Waals surface area contributed by atoms with E-state index in [4.69, 9.17) is 4.74 Å². The second-order valence-electron chi connectivity index (χ2n) is 12.4. The molecule has 0 amide bonds. The lowest BCUT2D eigenvalue weighted by molar-refractivity contribution is -0.136. The summed E-state index contributed by atoms with van der Waals surface area (Å²) in [4.78, 5) is 10.8. The summed E-state index contributed by atoms with van der Waals surface area (Å²) >= 11 is 0. The van der Waals surface area contributed by atoms with E-state index < -0.39 is 0 Å². The van der Waals surface area contributed by atoms with Crippen LogP contribution in [0.1, 0.15) is 105 Å². The Labute approximate surface area is 185 Å². The molecule has 0 aromatic rings. The van der Waals surface area contributed by atoms with Crippen molar-refractivity contribution < 1.29 is 9.53 Å². The highest BCUT2D eigenvalue weighted by molar-refractivity contribution is 5.38. The summed E-state index contributed by atoms with van der Waals surface area (Å²) in [6.45, 7) is 13.2. The Bertz CT molecular complexity index is 651. The third-order valence-corrected chi connectivity index (χ3v) is 10.5. The summed E-state index contributed by atoms with van der Waals surface area (Å²) in [6, 6.07) is 0. The predicted octanol–water partition coefficient (Wildman–Crippen LogP) is 7.57. The predicted molar refractivity (Wildman–Crippen MR) is 124 cm³/mol. The average molecular weight is 415 g/mol. The number of fused-ring (bicyclic) bond motifs is 5. The summed E-state index contributed by atoms with van der Waals surface area (Å²) in [5.41, 5.74) is 2.54. The van der Waals surface area contributed by atoms with E-state index in [0.29, 0.717) is 17.3 Å². The summed E-state index contributed by atoms with van der Waals surface area (Å²) in [5.74, 6) is 5.32. The largest absolute Gasteiger partial charge is 0.464 e. The molecule has 0 aliphatic heterocycles. The number of hydrogen-bond donors (Lipinski definition) is 0. The molecule has 0 spiro atoms. The summed E-state index contributed by atoms with van der Waals surface area (Å²) < 4.78 is 5.36. The van der Waals surface area contributed by atoms with Crippen LogP contribution in [0, 0.1) is 46.3 Å². The quantitative estimate of drug-likeness (QED) is 0.317. The van der Waals surface area contributed by atoms with Crippen LogP contribution < -0.4 is 0 Å². The van der Waals surface area contributed by atoms with Gasteiger partial charge in [0.1, 0.15) is 6.10 Å². The molecule has 0 N–H and O–H groups in total. The second-order valence-corrected chi connectivity index (χ2v) is 12.4. The van der Waals surface area contributed by atoms with Crippen LogP contribution >= 0.6 is 0 Å². The maximum atomic E-state index is 10.8. The highest BCUT2D eigenvalue weighted by Crippen LogP contribution is 2.67. The molecule has 4 aliphatic carbocycles. The van der Waals surface area contributed by atoms with E-state index in [-0.39, 0.29) is 6.10 Å². The number of ether oxygens (including phenoxy) is 1. The van der Waals surface area contributed by atoms with Crippen LogP contribution in [0.3, 0.4) is 0 Å². The van der Waals surface area contributed by atoms with Crippen molar-refractivity contribution in [1.29, 1.82) is 0 Å². The normalized spacial score (nSPS) is 43.9. The van der Waals surface area contributed by atoms with Gasteiger partial charge in [0.2, 0.25) is 0 Å². The van der Waals surface area contributed by atoms with Crippen LogP contribution in [-0.2, 0) is 9.53 Å². The molecule has 0 aromatic carbocycles. The molecule has 0 saturated heterocycles. The van der Waals surface area contributed by atoms with Gasteiger partial charge in [-0.15, -0.1) is 0 Å². The van der Waals surface area contributed by atoms with E-state index in [1.165, 1.54) is 57.8 Å². The first-order chi connectivity index (χ1) is 14.3. The number of hydrogen-bond acceptors (Lipinski definition) is 2. The van der Waals surface area contributed by atoms with Crippen molar-refractivity contribution in [2.75, 3.05) is 0 Å². The Morgan fingerprint density at radius 1 is 1.07 bits per heavy atom. The average Bonchev–Trinajstić information content (AvgIpc) is 3.05. The van der Waals surface area contributed by atoms with Crippen molar-refractivity contribution in [3.8, 4) is 0 Å². The molecule has 3 unspecified atom stereocenters. The van der Waals surface area contributed by atoms with Crippen molar-refractivity contribution in [1.82, 2.24) is 0 Å². The van der Waals surface area contributed by atoms with Gasteiger partial charge < -0.3 is 4.74 Å². The maximum absolute atomic E-state index is 10.8. The van der Waals surface area contributed by atoms with Gasteiger partial charge >= 0.3 is 0 Å². The van der Waals surface area contributed by atoms with E-state index >= 15 is 0 Å². The Kier molecular flexibility index (Phi) is 6.44. The molecule has 0 aromatic heterocycles. The fourth-order valence-corrected chi connectivity index (χ4v) is 8.85. The van der Waals surface area contributed by atoms with Gasteiger partial charge in [-0.3, -0.25) is 4.79 Å². The molecule has 0 radical (unpaired) electrons.